The van der Waals surface area contributed by atoms with Crippen molar-refractivity contribution in [1.29, 1.82) is 0 Å². The Morgan fingerprint density at radius 3 is 3.06 bits per heavy atom. The molecule has 0 amide bonds. The molecule has 2 N–H and O–H groups in total. The van der Waals surface area contributed by atoms with Crippen LogP contribution in [0.4, 0.5) is 0 Å². The summed E-state index contributed by atoms with van der Waals surface area (Å²) < 4.78 is 10.5. The minimum atomic E-state index is -0.359. The van der Waals surface area contributed by atoms with Gasteiger partial charge in [0.1, 0.15) is 0 Å². The Kier molecular flexibility index (Phi) is 4.06. The third kappa shape index (κ3) is 2.63. The number of nitrogens with two attached hydrogens (primary N) is 1. The smallest absolute Gasteiger partial charge is 0.0864 e. The van der Waals surface area contributed by atoms with Gasteiger partial charge in [-0.3, -0.25) is 4.68 Å². The van der Waals surface area contributed by atoms with Crippen molar-refractivity contribution in [3.63, 3.8) is 0 Å². The number of ether oxygens (including phenoxy) is 1. The Bertz CT molecular complexity index is 472. The first kappa shape index (κ1) is 12.4. The second kappa shape index (κ2) is 5.54. The van der Waals surface area contributed by atoms with E-state index in [1.807, 2.05) is 0 Å². The molecule has 6 nitrogen and oxygen atoms in total. The zero-order valence-electron chi connectivity index (χ0n) is 9.21. The van der Waals surface area contributed by atoms with E-state index in [-0.39, 0.29) is 6.04 Å². The lowest BCUT2D eigenvalue weighted by molar-refractivity contribution is 0.182. The van der Waals surface area contributed by atoms with E-state index in [4.69, 9.17) is 22.1 Å². The van der Waals surface area contributed by atoms with Crippen molar-refractivity contribution >= 4 is 23.1 Å². The van der Waals surface area contributed by atoms with Crippen LogP contribution in [-0.2, 0) is 11.3 Å². The van der Waals surface area contributed by atoms with Crippen molar-refractivity contribution in [3.05, 3.63) is 28.0 Å². The number of hydrogen-bond donors (Lipinski definition) is 1. The Balaban J connectivity index is 2.27. The van der Waals surface area contributed by atoms with Crippen molar-refractivity contribution < 1.29 is 4.74 Å². The van der Waals surface area contributed by atoms with Crippen LogP contribution >= 0.6 is 23.1 Å². The molecular weight excluding hydrogens is 262 g/mol. The fourth-order valence-electron chi connectivity index (χ4n) is 1.48. The third-order valence-electron chi connectivity index (χ3n) is 2.32. The topological polar surface area (TPSA) is 78.9 Å². The average Bonchev–Trinajstić information content (AvgIpc) is 2.95. The highest BCUT2D eigenvalue weighted by molar-refractivity contribution is 7.05. The number of methoxy groups -OCH3 is 1. The lowest BCUT2D eigenvalue weighted by atomic mass is 10.2. The molecule has 92 valence electrons. The molecule has 0 spiro atoms. The minimum absolute atomic E-state index is 0.359. The molecule has 0 saturated carbocycles. The summed E-state index contributed by atoms with van der Waals surface area (Å²) in [5.41, 5.74) is 6.88. The van der Waals surface area contributed by atoms with Gasteiger partial charge in [-0.25, -0.2) is 0 Å². The van der Waals surface area contributed by atoms with Gasteiger partial charge in [0.25, 0.3) is 0 Å². The summed E-state index contributed by atoms with van der Waals surface area (Å²) in [4.78, 5) is 0.853. The second-order valence-electron chi connectivity index (χ2n) is 3.39. The van der Waals surface area contributed by atoms with Crippen molar-refractivity contribution in [3.8, 4) is 0 Å². The number of aromatic nitrogens is 4. The Hall–Kier alpha value is -1.02. The minimum Gasteiger partial charge on any atom is -0.383 e. The number of hydrogen-bond acceptors (Lipinski definition) is 6. The molecule has 1 unspecified atom stereocenters. The Labute approximate surface area is 108 Å². The van der Waals surface area contributed by atoms with E-state index in [1.54, 1.807) is 24.2 Å². The van der Waals surface area contributed by atoms with Crippen LogP contribution in [0.2, 0.25) is 5.02 Å². The normalized spacial score (nSPS) is 12.9. The van der Waals surface area contributed by atoms with E-state index in [0.29, 0.717) is 18.2 Å². The van der Waals surface area contributed by atoms with Crippen LogP contribution < -0.4 is 5.73 Å². The monoisotopic (exact) mass is 273 g/mol. The first-order valence-corrected chi connectivity index (χ1v) is 6.12. The fraction of sp³-hybridized carbons (Fsp3) is 0.444. The maximum Gasteiger partial charge on any atom is 0.0864 e. The van der Waals surface area contributed by atoms with Gasteiger partial charge in [0.05, 0.1) is 47.2 Å². The number of halogens is 1. The zero-order chi connectivity index (χ0) is 12.3. The highest BCUT2D eigenvalue weighted by Gasteiger charge is 2.20. The maximum absolute atomic E-state index is 6.12. The van der Waals surface area contributed by atoms with Crippen LogP contribution in [0, 0.1) is 0 Å². The van der Waals surface area contributed by atoms with Gasteiger partial charge < -0.3 is 10.5 Å². The van der Waals surface area contributed by atoms with Gasteiger partial charge >= 0.3 is 0 Å². The largest absolute Gasteiger partial charge is 0.383 e. The van der Waals surface area contributed by atoms with Crippen LogP contribution in [0.15, 0.2) is 12.4 Å². The van der Waals surface area contributed by atoms with Gasteiger partial charge in [0.2, 0.25) is 0 Å². The Morgan fingerprint density at radius 1 is 1.59 bits per heavy atom. The van der Waals surface area contributed by atoms with E-state index >= 15 is 0 Å². The van der Waals surface area contributed by atoms with E-state index in [9.17, 15) is 0 Å². The molecule has 1 atom stereocenters. The van der Waals surface area contributed by atoms with Gasteiger partial charge in [-0.1, -0.05) is 16.1 Å². The average molecular weight is 274 g/mol. The molecule has 2 aromatic heterocycles. The predicted octanol–water partition coefficient (Wildman–Crippen LogP) is 1.08. The molecule has 0 aliphatic heterocycles. The van der Waals surface area contributed by atoms with Crippen LogP contribution in [0.3, 0.4) is 0 Å². The van der Waals surface area contributed by atoms with E-state index in [1.165, 1.54) is 11.5 Å². The van der Waals surface area contributed by atoms with Crippen LogP contribution in [-0.4, -0.2) is 33.1 Å². The zero-order valence-corrected chi connectivity index (χ0v) is 10.8. The van der Waals surface area contributed by atoms with Crippen molar-refractivity contribution in [1.82, 2.24) is 19.4 Å². The standard InChI is InChI=1S/C9H12ClN5OS/c1-16-3-2-15-9(6(10)4-13-15)8(11)7-5-12-14-17-7/h4-5,8H,2-3,11H2,1H3. The first-order valence-electron chi connectivity index (χ1n) is 4.97. The van der Waals surface area contributed by atoms with Crippen LogP contribution in [0.5, 0.6) is 0 Å². The highest BCUT2D eigenvalue weighted by atomic mass is 35.5. The lowest BCUT2D eigenvalue weighted by Gasteiger charge is -2.12. The molecule has 0 saturated heterocycles. The van der Waals surface area contributed by atoms with Crippen molar-refractivity contribution in [2.24, 2.45) is 5.73 Å². The van der Waals surface area contributed by atoms with Crippen LogP contribution in [0.25, 0.3) is 0 Å². The van der Waals surface area contributed by atoms with E-state index in [0.717, 1.165) is 10.6 Å². The van der Waals surface area contributed by atoms with Gasteiger partial charge in [-0.2, -0.15) is 5.10 Å². The van der Waals surface area contributed by atoms with Gasteiger partial charge in [-0.15, -0.1) is 5.10 Å². The highest BCUT2D eigenvalue weighted by Crippen LogP contribution is 2.27. The summed E-state index contributed by atoms with van der Waals surface area (Å²) in [6, 6.07) is -0.359. The van der Waals surface area contributed by atoms with Crippen molar-refractivity contribution in [2.75, 3.05) is 13.7 Å². The van der Waals surface area contributed by atoms with Gasteiger partial charge in [0, 0.05) is 7.11 Å². The van der Waals surface area contributed by atoms with Crippen LogP contribution in [0.1, 0.15) is 16.6 Å². The summed E-state index contributed by atoms with van der Waals surface area (Å²) in [7, 11) is 1.64. The summed E-state index contributed by atoms with van der Waals surface area (Å²) in [6.07, 6.45) is 3.22. The van der Waals surface area contributed by atoms with Gasteiger partial charge in [-0.05, 0) is 11.5 Å². The maximum atomic E-state index is 6.12. The van der Waals surface area contributed by atoms with E-state index in [2.05, 4.69) is 14.7 Å². The summed E-state index contributed by atoms with van der Waals surface area (Å²) in [5, 5.41) is 8.48. The van der Waals surface area contributed by atoms with Crippen molar-refractivity contribution in [2.45, 2.75) is 12.6 Å². The molecule has 0 aliphatic carbocycles. The summed E-state index contributed by atoms with van der Waals surface area (Å²) in [6.45, 7) is 1.16. The third-order valence-corrected chi connectivity index (χ3v) is 3.36. The number of nitrogens with zero attached hydrogens (tertiary/aromatic N) is 4. The van der Waals surface area contributed by atoms with Gasteiger partial charge in [0.15, 0.2) is 0 Å². The SMILES string of the molecule is COCCn1ncc(Cl)c1C(N)c1cnns1. The first-order chi connectivity index (χ1) is 8.24. The molecule has 2 rings (SSSR count). The molecular formula is C9H12ClN5OS. The molecule has 2 aromatic rings. The summed E-state index contributed by atoms with van der Waals surface area (Å²) in [5.74, 6) is 0. The Morgan fingerprint density at radius 2 is 2.41 bits per heavy atom. The number of rotatable bonds is 5. The quantitative estimate of drug-likeness (QED) is 0.882. The second-order valence-corrected chi connectivity index (χ2v) is 4.62. The fourth-order valence-corrected chi connectivity index (χ4v) is 2.25. The molecule has 2 heterocycles. The molecule has 17 heavy (non-hydrogen) atoms. The molecule has 0 fully saturated rings. The lowest BCUT2D eigenvalue weighted by Crippen LogP contribution is -2.18. The molecule has 0 aliphatic rings. The molecule has 0 aromatic carbocycles. The molecule has 0 bridgehead atoms. The molecule has 8 heteroatoms. The predicted molar refractivity (Wildman–Crippen MR) is 65.1 cm³/mol. The molecule has 0 radical (unpaired) electrons. The van der Waals surface area contributed by atoms with E-state index < -0.39 is 0 Å². The summed E-state index contributed by atoms with van der Waals surface area (Å²) >= 11 is 7.35.